The van der Waals surface area contributed by atoms with Crippen LogP contribution < -0.4 is 9.62 Å². The van der Waals surface area contributed by atoms with Crippen molar-refractivity contribution in [2.24, 2.45) is 0 Å². The molecule has 0 spiro atoms. The molecule has 0 heterocycles. The molecule has 9 heteroatoms. The molecule has 3 aromatic rings. The van der Waals surface area contributed by atoms with E-state index in [1.165, 1.54) is 17.0 Å². The van der Waals surface area contributed by atoms with Crippen molar-refractivity contribution in [3.63, 3.8) is 0 Å². The van der Waals surface area contributed by atoms with E-state index in [1.807, 2.05) is 51.1 Å². The second-order valence-corrected chi connectivity index (χ2v) is 12.3. The minimum atomic E-state index is -4.05. The van der Waals surface area contributed by atoms with E-state index in [1.54, 1.807) is 42.5 Å². The van der Waals surface area contributed by atoms with Gasteiger partial charge in [0.05, 0.1) is 10.6 Å². The van der Waals surface area contributed by atoms with E-state index in [4.69, 9.17) is 0 Å². The number of rotatable bonds is 12. The lowest BCUT2D eigenvalue weighted by atomic mass is 10.1. The number of carbonyl (C=O) groups excluding carboxylic acids is 2. The van der Waals surface area contributed by atoms with Crippen molar-refractivity contribution in [3.05, 3.63) is 94.1 Å². The van der Waals surface area contributed by atoms with Gasteiger partial charge in [-0.1, -0.05) is 55.5 Å². The van der Waals surface area contributed by atoms with Crippen LogP contribution in [0.25, 0.3) is 0 Å². The zero-order valence-corrected chi connectivity index (χ0v) is 24.9. The molecule has 2 amide bonds. The molecule has 0 aromatic heterocycles. The highest BCUT2D eigenvalue weighted by molar-refractivity contribution is 14.1. The summed E-state index contributed by atoms with van der Waals surface area (Å²) in [6.07, 6.45) is 0.932. The molecule has 0 saturated heterocycles. The number of hydrogen-bond donors (Lipinski definition) is 1. The Kier molecular flexibility index (Phi) is 10.7. The third-order valence-corrected chi connectivity index (χ3v) is 8.53. The van der Waals surface area contributed by atoms with Crippen LogP contribution in [0.15, 0.2) is 89.8 Å². The van der Waals surface area contributed by atoms with Gasteiger partial charge in [-0.3, -0.25) is 13.9 Å². The van der Waals surface area contributed by atoms with Gasteiger partial charge in [0, 0.05) is 16.2 Å². The molecule has 1 N–H and O–H groups in total. The third kappa shape index (κ3) is 7.80. The molecule has 0 saturated carbocycles. The monoisotopic (exact) mass is 647 g/mol. The van der Waals surface area contributed by atoms with Gasteiger partial charge in [0.1, 0.15) is 12.6 Å². The van der Waals surface area contributed by atoms with Gasteiger partial charge in [-0.2, -0.15) is 0 Å². The van der Waals surface area contributed by atoms with Gasteiger partial charge in [0.25, 0.3) is 10.0 Å². The largest absolute Gasteiger partial charge is 0.352 e. The summed E-state index contributed by atoms with van der Waals surface area (Å²) in [5.41, 5.74) is 1.40. The van der Waals surface area contributed by atoms with Crippen molar-refractivity contribution in [1.82, 2.24) is 10.2 Å². The van der Waals surface area contributed by atoms with E-state index in [9.17, 15) is 18.0 Å². The van der Waals surface area contributed by atoms with E-state index in [2.05, 4.69) is 27.9 Å². The van der Waals surface area contributed by atoms with Crippen LogP contribution in [0.5, 0.6) is 0 Å². The summed E-state index contributed by atoms with van der Waals surface area (Å²) in [6, 6.07) is 23.9. The van der Waals surface area contributed by atoms with Gasteiger partial charge in [-0.05, 0) is 91.2 Å². The molecule has 38 heavy (non-hydrogen) atoms. The smallest absolute Gasteiger partial charge is 0.264 e. The standard InChI is InChI=1S/C29H34IN3O4S/c1-4-27(29(35)31-22(2)3)32(20-19-23-11-7-5-8-12-23)28(34)21-33(25-17-15-24(30)16-18-25)38(36,37)26-13-9-6-10-14-26/h5-18,22,27H,4,19-21H2,1-3H3,(H,31,35). The number of sulfonamides is 1. The number of anilines is 1. The minimum Gasteiger partial charge on any atom is -0.352 e. The van der Waals surface area contributed by atoms with Crippen LogP contribution in [0.2, 0.25) is 0 Å². The Hall–Kier alpha value is -2.92. The number of benzene rings is 3. The van der Waals surface area contributed by atoms with Crippen molar-refractivity contribution in [2.75, 3.05) is 17.4 Å². The van der Waals surface area contributed by atoms with Gasteiger partial charge >= 0.3 is 0 Å². The first-order valence-corrected chi connectivity index (χ1v) is 15.1. The SMILES string of the molecule is CCC(C(=O)NC(C)C)N(CCc1ccccc1)C(=O)CN(c1ccc(I)cc1)S(=O)(=O)c1ccccc1. The second kappa shape index (κ2) is 13.7. The topological polar surface area (TPSA) is 86.8 Å². The fourth-order valence-corrected chi connectivity index (χ4v) is 5.93. The van der Waals surface area contributed by atoms with E-state index in [-0.39, 0.29) is 23.4 Å². The van der Waals surface area contributed by atoms with Crippen LogP contribution in [0.3, 0.4) is 0 Å². The maximum absolute atomic E-state index is 13.9. The van der Waals surface area contributed by atoms with E-state index >= 15 is 0 Å². The van der Waals surface area contributed by atoms with Crippen LogP contribution in [0.1, 0.15) is 32.8 Å². The van der Waals surface area contributed by atoms with E-state index in [0.717, 1.165) is 13.4 Å². The molecule has 0 fully saturated rings. The molecule has 0 aliphatic rings. The molecule has 1 unspecified atom stereocenters. The fourth-order valence-electron chi connectivity index (χ4n) is 4.13. The Morgan fingerprint density at radius 1 is 0.895 bits per heavy atom. The lowest BCUT2D eigenvalue weighted by Gasteiger charge is -2.33. The van der Waals surface area contributed by atoms with E-state index < -0.39 is 28.5 Å². The van der Waals surface area contributed by atoms with Gasteiger partial charge in [0.15, 0.2) is 0 Å². The number of amides is 2. The summed E-state index contributed by atoms with van der Waals surface area (Å²) in [5.74, 6) is -0.694. The van der Waals surface area contributed by atoms with Crippen molar-refractivity contribution in [1.29, 1.82) is 0 Å². The highest BCUT2D eigenvalue weighted by atomic mass is 127. The van der Waals surface area contributed by atoms with Crippen LogP contribution >= 0.6 is 22.6 Å². The van der Waals surface area contributed by atoms with Crippen LogP contribution in [-0.2, 0) is 26.0 Å². The predicted molar refractivity (Wildman–Crippen MR) is 159 cm³/mol. The number of nitrogens with zero attached hydrogens (tertiary/aromatic N) is 2. The first-order valence-electron chi connectivity index (χ1n) is 12.6. The first kappa shape index (κ1) is 29.6. The molecule has 3 aromatic carbocycles. The van der Waals surface area contributed by atoms with Crippen LogP contribution in [0.4, 0.5) is 5.69 Å². The Morgan fingerprint density at radius 2 is 1.47 bits per heavy atom. The Labute approximate surface area is 239 Å². The molecular formula is C29H34IN3O4S. The maximum atomic E-state index is 13.9. The lowest BCUT2D eigenvalue weighted by Crippen LogP contribution is -2.54. The zero-order chi connectivity index (χ0) is 27.7. The molecule has 1 atom stereocenters. The first-order chi connectivity index (χ1) is 18.1. The average Bonchev–Trinajstić information content (AvgIpc) is 2.90. The normalized spacial score (nSPS) is 12.1. The average molecular weight is 648 g/mol. The Bertz CT molecular complexity index is 1300. The zero-order valence-electron chi connectivity index (χ0n) is 21.9. The Balaban J connectivity index is 1.99. The molecule has 0 aliphatic carbocycles. The Morgan fingerprint density at radius 3 is 2.03 bits per heavy atom. The fraction of sp³-hybridized carbons (Fsp3) is 0.310. The van der Waals surface area contributed by atoms with Crippen molar-refractivity contribution in [2.45, 2.75) is 50.6 Å². The van der Waals surface area contributed by atoms with E-state index in [0.29, 0.717) is 18.5 Å². The summed E-state index contributed by atoms with van der Waals surface area (Å²) in [6.45, 7) is 5.43. The summed E-state index contributed by atoms with van der Waals surface area (Å²) < 4.78 is 29.6. The number of carbonyl (C=O) groups is 2. The van der Waals surface area contributed by atoms with Gasteiger partial charge in [0.2, 0.25) is 11.8 Å². The second-order valence-electron chi connectivity index (χ2n) is 9.21. The van der Waals surface area contributed by atoms with Gasteiger partial charge in [-0.15, -0.1) is 0 Å². The quantitative estimate of drug-likeness (QED) is 0.285. The summed E-state index contributed by atoms with van der Waals surface area (Å²) >= 11 is 2.15. The number of nitrogens with one attached hydrogen (secondary N) is 1. The molecule has 202 valence electrons. The lowest BCUT2D eigenvalue weighted by molar-refractivity contribution is -0.139. The highest BCUT2D eigenvalue weighted by Crippen LogP contribution is 2.25. The molecule has 0 aliphatic heterocycles. The van der Waals surface area contributed by atoms with Crippen LogP contribution in [0, 0.1) is 3.57 Å². The molecular weight excluding hydrogens is 613 g/mol. The molecule has 7 nitrogen and oxygen atoms in total. The summed E-state index contributed by atoms with van der Waals surface area (Å²) in [4.78, 5) is 28.6. The highest BCUT2D eigenvalue weighted by Gasteiger charge is 2.33. The number of halogens is 1. The minimum absolute atomic E-state index is 0.0896. The number of hydrogen-bond acceptors (Lipinski definition) is 4. The third-order valence-electron chi connectivity index (χ3n) is 6.03. The van der Waals surface area contributed by atoms with Gasteiger partial charge in [-0.25, -0.2) is 8.42 Å². The van der Waals surface area contributed by atoms with Crippen molar-refractivity contribution >= 4 is 50.1 Å². The predicted octanol–water partition coefficient (Wildman–Crippen LogP) is 4.86. The molecule has 0 bridgehead atoms. The van der Waals surface area contributed by atoms with Crippen molar-refractivity contribution < 1.29 is 18.0 Å². The molecule has 3 rings (SSSR count). The molecule has 0 radical (unpaired) electrons. The summed E-state index contributed by atoms with van der Waals surface area (Å²) in [5, 5.41) is 2.91. The van der Waals surface area contributed by atoms with Crippen LogP contribution in [-0.4, -0.2) is 50.3 Å². The maximum Gasteiger partial charge on any atom is 0.264 e. The summed E-state index contributed by atoms with van der Waals surface area (Å²) in [7, 11) is -4.05. The van der Waals surface area contributed by atoms with Crippen molar-refractivity contribution in [3.8, 4) is 0 Å². The van der Waals surface area contributed by atoms with Gasteiger partial charge < -0.3 is 10.2 Å².